The Morgan fingerprint density at radius 2 is 1.27 bits per heavy atom. The van der Waals surface area contributed by atoms with Crippen LogP contribution in [0.15, 0.2) is 103 Å². The third-order valence-electron chi connectivity index (χ3n) is 5.13. The van der Waals surface area contributed by atoms with Crippen molar-refractivity contribution in [2.45, 2.75) is 26.1 Å². The molecule has 0 fully saturated rings. The Morgan fingerprint density at radius 1 is 0.733 bits per heavy atom. The number of amides is 1. The number of fused-ring (bicyclic) bond motifs is 1. The SMILES string of the molecule is C[C@@H](Oc1ccc2ccccc2c1)C(=O)N(Cc1ccccc1)Cc1ccccc1. The van der Waals surface area contributed by atoms with Gasteiger partial charge in [0.1, 0.15) is 5.75 Å². The van der Waals surface area contributed by atoms with E-state index >= 15 is 0 Å². The zero-order valence-electron chi connectivity index (χ0n) is 17.1. The van der Waals surface area contributed by atoms with Crippen LogP contribution in [0, 0.1) is 0 Å². The Bertz CT molecular complexity index is 1070. The summed E-state index contributed by atoms with van der Waals surface area (Å²) in [4.78, 5) is 15.2. The molecule has 3 heteroatoms. The summed E-state index contributed by atoms with van der Waals surface area (Å²) in [5.41, 5.74) is 2.19. The van der Waals surface area contributed by atoms with Crippen molar-refractivity contribution < 1.29 is 9.53 Å². The van der Waals surface area contributed by atoms with Gasteiger partial charge in [0.15, 0.2) is 6.10 Å². The van der Waals surface area contributed by atoms with Gasteiger partial charge in [-0.05, 0) is 41.0 Å². The van der Waals surface area contributed by atoms with E-state index < -0.39 is 6.10 Å². The fourth-order valence-electron chi connectivity index (χ4n) is 3.57. The first-order valence-electron chi connectivity index (χ1n) is 10.2. The van der Waals surface area contributed by atoms with Gasteiger partial charge in [0.05, 0.1) is 0 Å². The molecule has 4 aromatic rings. The van der Waals surface area contributed by atoms with Gasteiger partial charge in [0, 0.05) is 13.1 Å². The zero-order valence-corrected chi connectivity index (χ0v) is 17.1. The first kappa shape index (κ1) is 19.7. The van der Waals surface area contributed by atoms with Crippen molar-refractivity contribution >= 4 is 16.7 Å². The quantitative estimate of drug-likeness (QED) is 0.394. The topological polar surface area (TPSA) is 29.5 Å². The third kappa shape index (κ3) is 4.87. The van der Waals surface area contributed by atoms with E-state index in [4.69, 9.17) is 4.74 Å². The molecule has 0 radical (unpaired) electrons. The molecule has 0 N–H and O–H groups in total. The lowest BCUT2D eigenvalue weighted by atomic mass is 10.1. The maximum absolute atomic E-state index is 13.3. The summed E-state index contributed by atoms with van der Waals surface area (Å²) in [5, 5.41) is 2.25. The van der Waals surface area contributed by atoms with E-state index in [0.29, 0.717) is 18.8 Å². The molecule has 0 saturated heterocycles. The van der Waals surface area contributed by atoms with Crippen LogP contribution < -0.4 is 4.74 Å². The lowest BCUT2D eigenvalue weighted by Gasteiger charge is -2.26. The molecule has 30 heavy (non-hydrogen) atoms. The predicted molar refractivity (Wildman–Crippen MR) is 121 cm³/mol. The van der Waals surface area contributed by atoms with Gasteiger partial charge in [0.2, 0.25) is 0 Å². The molecule has 1 atom stereocenters. The van der Waals surface area contributed by atoms with E-state index in [1.807, 2.05) is 109 Å². The summed E-state index contributed by atoms with van der Waals surface area (Å²) < 4.78 is 6.05. The second-order valence-electron chi connectivity index (χ2n) is 7.43. The Labute approximate surface area is 177 Å². The van der Waals surface area contributed by atoms with E-state index in [1.165, 1.54) is 0 Å². The summed E-state index contributed by atoms with van der Waals surface area (Å²) in [6.07, 6.45) is -0.585. The third-order valence-corrected chi connectivity index (χ3v) is 5.13. The fourth-order valence-corrected chi connectivity index (χ4v) is 3.57. The van der Waals surface area contributed by atoms with Crippen LogP contribution in [0.3, 0.4) is 0 Å². The number of hydrogen-bond acceptors (Lipinski definition) is 2. The molecule has 0 aliphatic heterocycles. The summed E-state index contributed by atoms with van der Waals surface area (Å²) in [5.74, 6) is 0.671. The smallest absolute Gasteiger partial charge is 0.263 e. The molecular formula is C27H25NO2. The molecule has 0 saturated carbocycles. The van der Waals surface area contributed by atoms with Gasteiger partial charge in [-0.3, -0.25) is 4.79 Å². The summed E-state index contributed by atoms with van der Waals surface area (Å²) in [7, 11) is 0. The molecule has 0 heterocycles. The highest BCUT2D eigenvalue weighted by Gasteiger charge is 2.23. The molecule has 3 nitrogen and oxygen atoms in total. The maximum Gasteiger partial charge on any atom is 0.263 e. The standard InChI is InChI=1S/C27H25NO2/c1-21(30-26-17-16-24-14-8-9-15-25(24)18-26)27(29)28(19-22-10-4-2-5-11-22)20-23-12-6-3-7-13-23/h2-18,21H,19-20H2,1H3/t21-/m1/s1. The van der Waals surface area contributed by atoms with E-state index in [1.54, 1.807) is 0 Å². The van der Waals surface area contributed by atoms with Crippen LogP contribution >= 0.6 is 0 Å². The summed E-state index contributed by atoms with van der Waals surface area (Å²) >= 11 is 0. The molecule has 4 aromatic carbocycles. The normalized spacial score (nSPS) is 11.8. The highest BCUT2D eigenvalue weighted by molar-refractivity contribution is 5.84. The van der Waals surface area contributed by atoms with E-state index in [2.05, 4.69) is 6.07 Å². The van der Waals surface area contributed by atoms with Crippen LogP contribution in [0.2, 0.25) is 0 Å². The molecule has 0 aromatic heterocycles. The highest BCUT2D eigenvalue weighted by atomic mass is 16.5. The highest BCUT2D eigenvalue weighted by Crippen LogP contribution is 2.22. The number of carbonyl (C=O) groups is 1. The number of ether oxygens (including phenoxy) is 1. The van der Waals surface area contributed by atoms with Crippen molar-refractivity contribution in [1.29, 1.82) is 0 Å². The molecule has 0 aliphatic rings. The molecule has 150 valence electrons. The number of carbonyl (C=O) groups excluding carboxylic acids is 1. The first-order valence-corrected chi connectivity index (χ1v) is 10.2. The van der Waals surface area contributed by atoms with Crippen LogP contribution in [0.25, 0.3) is 10.8 Å². The van der Waals surface area contributed by atoms with Gasteiger partial charge in [-0.25, -0.2) is 0 Å². The second kappa shape index (κ2) is 9.27. The van der Waals surface area contributed by atoms with Gasteiger partial charge in [-0.2, -0.15) is 0 Å². The summed E-state index contributed by atoms with van der Waals surface area (Å²) in [6, 6.07) is 34.2. The molecule has 0 unspecified atom stereocenters. The Hall–Kier alpha value is -3.59. The molecule has 0 aliphatic carbocycles. The largest absolute Gasteiger partial charge is 0.481 e. The van der Waals surface area contributed by atoms with Crippen molar-refractivity contribution in [1.82, 2.24) is 4.90 Å². The Kier molecular flexibility index (Phi) is 6.09. The fraction of sp³-hybridized carbons (Fsp3) is 0.148. The minimum absolute atomic E-state index is 0.0316. The minimum atomic E-state index is -0.585. The van der Waals surface area contributed by atoms with Gasteiger partial charge in [-0.15, -0.1) is 0 Å². The zero-order chi connectivity index (χ0) is 20.8. The van der Waals surface area contributed by atoms with Gasteiger partial charge in [0.25, 0.3) is 5.91 Å². The van der Waals surface area contributed by atoms with Gasteiger partial charge < -0.3 is 9.64 Å². The van der Waals surface area contributed by atoms with Crippen molar-refractivity contribution in [3.05, 3.63) is 114 Å². The lowest BCUT2D eigenvalue weighted by molar-refractivity contribution is -0.139. The average Bonchev–Trinajstić information content (AvgIpc) is 2.79. The predicted octanol–water partition coefficient (Wildman–Crippen LogP) is 5.84. The lowest BCUT2D eigenvalue weighted by Crippen LogP contribution is -2.39. The Morgan fingerprint density at radius 3 is 1.87 bits per heavy atom. The number of rotatable bonds is 7. The minimum Gasteiger partial charge on any atom is -0.481 e. The van der Waals surface area contributed by atoms with E-state index in [-0.39, 0.29) is 5.91 Å². The molecule has 4 rings (SSSR count). The second-order valence-corrected chi connectivity index (χ2v) is 7.43. The average molecular weight is 396 g/mol. The van der Waals surface area contributed by atoms with Crippen molar-refractivity contribution in [2.75, 3.05) is 0 Å². The first-order chi connectivity index (χ1) is 14.7. The van der Waals surface area contributed by atoms with E-state index in [0.717, 1.165) is 21.9 Å². The molecular weight excluding hydrogens is 370 g/mol. The van der Waals surface area contributed by atoms with Crippen molar-refractivity contribution in [3.8, 4) is 5.75 Å². The van der Waals surface area contributed by atoms with Crippen molar-refractivity contribution in [2.24, 2.45) is 0 Å². The number of benzene rings is 4. The molecule has 1 amide bonds. The molecule has 0 spiro atoms. The number of nitrogens with zero attached hydrogens (tertiary/aromatic N) is 1. The van der Waals surface area contributed by atoms with E-state index in [9.17, 15) is 4.79 Å². The van der Waals surface area contributed by atoms with Crippen LogP contribution in [-0.4, -0.2) is 16.9 Å². The van der Waals surface area contributed by atoms with Crippen molar-refractivity contribution in [3.63, 3.8) is 0 Å². The maximum atomic E-state index is 13.3. The van der Waals surface area contributed by atoms with Crippen LogP contribution in [0.4, 0.5) is 0 Å². The molecule has 0 bridgehead atoms. The van der Waals surface area contributed by atoms with Crippen LogP contribution in [0.5, 0.6) is 5.75 Å². The van der Waals surface area contributed by atoms with Crippen LogP contribution in [-0.2, 0) is 17.9 Å². The van der Waals surface area contributed by atoms with Gasteiger partial charge >= 0.3 is 0 Å². The Balaban J connectivity index is 1.52. The monoisotopic (exact) mass is 395 g/mol. The number of hydrogen-bond donors (Lipinski definition) is 0. The van der Waals surface area contributed by atoms with Crippen LogP contribution in [0.1, 0.15) is 18.1 Å². The summed E-state index contributed by atoms with van der Waals surface area (Å²) in [6.45, 7) is 2.90. The van der Waals surface area contributed by atoms with Gasteiger partial charge in [-0.1, -0.05) is 91.0 Å².